The minimum atomic E-state index is 0.133. The van der Waals surface area contributed by atoms with E-state index in [1.165, 1.54) is 18.4 Å². The van der Waals surface area contributed by atoms with Crippen LogP contribution in [0.15, 0.2) is 30.9 Å². The standard InChI is InChI=1S/C19H21N7O/c1-11(10-27-2)23-19-21-8-15-14(7-20-17(15)25-19)16-5-6-26-18(24-16)13(9-22-26)12-3-4-12/h5-9,11-12H,3-4,10H2,1-2H3,(H2,20,21,23,25)/t11-/m0/s1. The van der Waals surface area contributed by atoms with Crippen LogP contribution in [0.4, 0.5) is 5.95 Å². The van der Waals surface area contributed by atoms with E-state index < -0.39 is 0 Å². The average Bonchev–Trinajstić information content (AvgIpc) is 3.28. The Balaban J connectivity index is 1.51. The summed E-state index contributed by atoms with van der Waals surface area (Å²) in [6.07, 6.45) is 10.1. The van der Waals surface area contributed by atoms with Gasteiger partial charge in [0, 0.05) is 48.3 Å². The van der Waals surface area contributed by atoms with Crippen LogP contribution >= 0.6 is 0 Å². The van der Waals surface area contributed by atoms with Gasteiger partial charge in [0.15, 0.2) is 5.65 Å². The first-order valence-corrected chi connectivity index (χ1v) is 9.17. The highest BCUT2D eigenvalue weighted by molar-refractivity contribution is 5.92. The molecule has 0 bridgehead atoms. The second-order valence-electron chi connectivity index (χ2n) is 7.11. The topological polar surface area (TPSA) is 93.0 Å². The molecule has 1 saturated carbocycles. The first-order valence-electron chi connectivity index (χ1n) is 9.17. The highest BCUT2D eigenvalue weighted by Gasteiger charge is 2.27. The maximum absolute atomic E-state index is 5.14. The van der Waals surface area contributed by atoms with Crippen LogP contribution < -0.4 is 5.32 Å². The number of ether oxygens (including phenoxy) is 1. The van der Waals surface area contributed by atoms with Crippen molar-refractivity contribution < 1.29 is 4.74 Å². The minimum Gasteiger partial charge on any atom is -0.383 e. The number of H-pyrrole nitrogens is 1. The lowest BCUT2D eigenvalue weighted by molar-refractivity contribution is 0.190. The summed E-state index contributed by atoms with van der Waals surface area (Å²) >= 11 is 0. The third-order valence-corrected chi connectivity index (χ3v) is 4.91. The van der Waals surface area contributed by atoms with Gasteiger partial charge in [-0.2, -0.15) is 10.1 Å². The molecule has 8 heteroatoms. The van der Waals surface area contributed by atoms with Crippen molar-refractivity contribution in [2.24, 2.45) is 0 Å². The van der Waals surface area contributed by atoms with Crippen LogP contribution in [-0.2, 0) is 4.74 Å². The fraction of sp³-hybridized carbons (Fsp3) is 0.368. The second kappa shape index (κ2) is 6.31. The van der Waals surface area contributed by atoms with Gasteiger partial charge >= 0.3 is 0 Å². The Hall–Kier alpha value is -3.00. The monoisotopic (exact) mass is 363 g/mol. The van der Waals surface area contributed by atoms with Crippen LogP contribution in [0.25, 0.3) is 27.9 Å². The fourth-order valence-corrected chi connectivity index (χ4v) is 3.42. The zero-order valence-corrected chi connectivity index (χ0v) is 15.3. The molecule has 1 aliphatic carbocycles. The van der Waals surface area contributed by atoms with Crippen LogP contribution in [-0.4, -0.2) is 49.3 Å². The number of aromatic amines is 1. The molecule has 0 unspecified atom stereocenters. The van der Waals surface area contributed by atoms with Crippen molar-refractivity contribution in [2.45, 2.75) is 31.7 Å². The van der Waals surface area contributed by atoms with Crippen LogP contribution in [0.3, 0.4) is 0 Å². The summed E-state index contributed by atoms with van der Waals surface area (Å²) in [5, 5.41) is 8.61. The smallest absolute Gasteiger partial charge is 0.224 e. The lowest BCUT2D eigenvalue weighted by Gasteiger charge is -2.12. The van der Waals surface area contributed by atoms with Gasteiger partial charge in [0.2, 0.25) is 5.95 Å². The number of nitrogens with one attached hydrogen (secondary N) is 2. The molecule has 8 nitrogen and oxygen atoms in total. The van der Waals surface area contributed by atoms with Crippen LogP contribution in [0.1, 0.15) is 31.2 Å². The summed E-state index contributed by atoms with van der Waals surface area (Å²) in [5.41, 5.74) is 4.85. The quantitative estimate of drug-likeness (QED) is 0.547. The molecule has 2 N–H and O–H groups in total. The summed E-state index contributed by atoms with van der Waals surface area (Å²) in [6, 6.07) is 2.11. The number of rotatable bonds is 6. The highest BCUT2D eigenvalue weighted by Crippen LogP contribution is 2.41. The van der Waals surface area contributed by atoms with Crippen molar-refractivity contribution in [2.75, 3.05) is 19.0 Å². The van der Waals surface area contributed by atoms with Gasteiger partial charge in [0.1, 0.15) is 5.65 Å². The van der Waals surface area contributed by atoms with E-state index in [-0.39, 0.29) is 6.04 Å². The van der Waals surface area contributed by atoms with E-state index in [4.69, 9.17) is 9.72 Å². The summed E-state index contributed by atoms with van der Waals surface area (Å²) in [6.45, 7) is 2.62. The van der Waals surface area contributed by atoms with Crippen LogP contribution in [0, 0.1) is 0 Å². The third kappa shape index (κ3) is 2.91. The van der Waals surface area contributed by atoms with E-state index in [0.29, 0.717) is 18.5 Å². The van der Waals surface area contributed by atoms with Crippen molar-refractivity contribution in [3.05, 3.63) is 36.4 Å². The van der Waals surface area contributed by atoms with E-state index in [1.54, 1.807) is 7.11 Å². The molecule has 5 rings (SSSR count). The van der Waals surface area contributed by atoms with Crippen molar-refractivity contribution in [3.63, 3.8) is 0 Å². The number of aromatic nitrogens is 6. The predicted octanol–water partition coefficient (Wildman–Crippen LogP) is 2.99. The first-order chi connectivity index (χ1) is 13.2. The molecule has 0 radical (unpaired) electrons. The maximum atomic E-state index is 5.14. The van der Waals surface area contributed by atoms with Crippen molar-refractivity contribution in [1.29, 1.82) is 0 Å². The zero-order chi connectivity index (χ0) is 18.4. The number of hydrogen-bond acceptors (Lipinski definition) is 6. The molecule has 4 aromatic rings. The molecule has 1 fully saturated rings. The molecule has 1 aliphatic rings. The fourth-order valence-electron chi connectivity index (χ4n) is 3.42. The van der Waals surface area contributed by atoms with E-state index >= 15 is 0 Å². The molecule has 0 spiro atoms. The van der Waals surface area contributed by atoms with Crippen LogP contribution in [0.2, 0.25) is 0 Å². The predicted molar refractivity (Wildman–Crippen MR) is 103 cm³/mol. The van der Waals surface area contributed by atoms with Crippen molar-refractivity contribution >= 4 is 22.6 Å². The Morgan fingerprint density at radius 1 is 1.33 bits per heavy atom. The number of fused-ring (bicyclic) bond motifs is 2. The molecule has 138 valence electrons. The number of nitrogens with zero attached hydrogens (tertiary/aromatic N) is 5. The van der Waals surface area contributed by atoms with Gasteiger partial charge in [-0.15, -0.1) is 0 Å². The highest BCUT2D eigenvalue weighted by atomic mass is 16.5. The number of anilines is 1. The Kier molecular flexibility index (Phi) is 3.78. The van der Waals surface area contributed by atoms with Crippen molar-refractivity contribution in [1.82, 2.24) is 29.5 Å². The van der Waals surface area contributed by atoms with Gasteiger partial charge < -0.3 is 15.0 Å². The van der Waals surface area contributed by atoms with E-state index in [9.17, 15) is 0 Å². The summed E-state index contributed by atoms with van der Waals surface area (Å²) < 4.78 is 6.99. The third-order valence-electron chi connectivity index (χ3n) is 4.91. The minimum absolute atomic E-state index is 0.133. The summed E-state index contributed by atoms with van der Waals surface area (Å²) in [5.74, 6) is 1.19. The molecule has 0 aromatic carbocycles. The second-order valence-corrected chi connectivity index (χ2v) is 7.11. The average molecular weight is 363 g/mol. The molecule has 0 amide bonds. The molecular weight excluding hydrogens is 342 g/mol. The SMILES string of the molecule is COC[C@H](C)Nc1ncc2c(-c3ccn4ncc(C5CC5)c4n3)c[nH]c2n1. The van der Waals surface area contributed by atoms with Gasteiger partial charge in [-0.25, -0.2) is 14.5 Å². The van der Waals surface area contributed by atoms with Gasteiger partial charge in [0.25, 0.3) is 0 Å². The molecule has 0 saturated heterocycles. The normalized spacial score (nSPS) is 15.5. The van der Waals surface area contributed by atoms with E-state index in [1.807, 2.05) is 42.3 Å². The van der Waals surface area contributed by atoms with Crippen LogP contribution in [0.5, 0.6) is 0 Å². The Labute approximate surface area is 156 Å². The molecule has 4 aromatic heterocycles. The molecule has 1 atom stereocenters. The van der Waals surface area contributed by atoms with Gasteiger partial charge in [-0.1, -0.05) is 0 Å². The molecular formula is C19H21N7O. The lowest BCUT2D eigenvalue weighted by Crippen LogP contribution is -2.22. The van der Waals surface area contributed by atoms with Crippen molar-refractivity contribution in [3.8, 4) is 11.3 Å². The molecule has 4 heterocycles. The van der Waals surface area contributed by atoms with E-state index in [2.05, 4.69) is 25.4 Å². The Morgan fingerprint density at radius 2 is 2.22 bits per heavy atom. The van der Waals surface area contributed by atoms with Gasteiger partial charge in [-0.05, 0) is 31.7 Å². The zero-order valence-electron chi connectivity index (χ0n) is 15.3. The Morgan fingerprint density at radius 3 is 3.04 bits per heavy atom. The van der Waals surface area contributed by atoms with Gasteiger partial charge in [0.05, 0.1) is 18.5 Å². The maximum Gasteiger partial charge on any atom is 0.224 e. The van der Waals surface area contributed by atoms with Gasteiger partial charge in [-0.3, -0.25) is 0 Å². The largest absolute Gasteiger partial charge is 0.383 e. The summed E-state index contributed by atoms with van der Waals surface area (Å²) in [4.78, 5) is 17.1. The summed E-state index contributed by atoms with van der Waals surface area (Å²) in [7, 11) is 1.68. The number of hydrogen-bond donors (Lipinski definition) is 2. The molecule has 27 heavy (non-hydrogen) atoms. The van der Waals surface area contributed by atoms with E-state index in [0.717, 1.165) is 27.9 Å². The lowest BCUT2D eigenvalue weighted by atomic mass is 10.1. The molecule has 0 aliphatic heterocycles. The first kappa shape index (κ1) is 16.2. The Bertz CT molecular complexity index is 1110. The number of methoxy groups -OCH3 is 1.